The van der Waals surface area contributed by atoms with E-state index in [9.17, 15) is 19.7 Å². The van der Waals surface area contributed by atoms with Crippen molar-refractivity contribution < 1.29 is 23.6 Å². The largest absolute Gasteiger partial charge is 0.496 e. The molecule has 3 aromatic rings. The van der Waals surface area contributed by atoms with E-state index in [2.05, 4.69) is 5.32 Å². The van der Waals surface area contributed by atoms with Gasteiger partial charge in [0, 0.05) is 17.5 Å². The normalized spacial score (nSPS) is 10.4. The molecule has 0 unspecified atom stereocenters. The highest BCUT2D eigenvalue weighted by molar-refractivity contribution is 6.07. The first-order valence-electron chi connectivity index (χ1n) is 7.69. The van der Waals surface area contributed by atoms with Crippen LogP contribution in [-0.2, 0) is 0 Å². The highest BCUT2D eigenvalue weighted by atomic mass is 16.6. The first-order chi connectivity index (χ1) is 12.9. The number of carbonyl (C=O) groups excluding carboxylic acids is 1. The summed E-state index contributed by atoms with van der Waals surface area (Å²) in [7, 11) is 2.77. The van der Waals surface area contributed by atoms with Gasteiger partial charge < -0.3 is 19.2 Å². The summed E-state index contributed by atoms with van der Waals surface area (Å²) in [5.74, 6) is -0.238. The minimum Gasteiger partial charge on any atom is -0.496 e. The van der Waals surface area contributed by atoms with Crippen LogP contribution in [-0.4, -0.2) is 25.1 Å². The maximum atomic E-state index is 12.6. The number of anilines is 1. The molecular weight excluding hydrogens is 356 g/mol. The summed E-state index contributed by atoms with van der Waals surface area (Å²) in [6.45, 7) is 0. The van der Waals surface area contributed by atoms with Gasteiger partial charge >= 0.3 is 5.63 Å². The van der Waals surface area contributed by atoms with Crippen LogP contribution in [0.3, 0.4) is 0 Å². The SMILES string of the molecule is COc1ccc([N+](=O)[O-])cc1C(=O)Nc1cc2cccc(OC)c2oc1=O. The van der Waals surface area contributed by atoms with E-state index in [-0.39, 0.29) is 28.3 Å². The van der Waals surface area contributed by atoms with Gasteiger partial charge in [-0.15, -0.1) is 0 Å². The van der Waals surface area contributed by atoms with E-state index in [1.165, 1.54) is 32.4 Å². The van der Waals surface area contributed by atoms with Gasteiger partial charge in [-0.1, -0.05) is 12.1 Å². The summed E-state index contributed by atoms with van der Waals surface area (Å²) in [5.41, 5.74) is -1.02. The van der Waals surface area contributed by atoms with Gasteiger partial charge in [-0.05, 0) is 18.2 Å². The molecule has 9 nitrogen and oxygen atoms in total. The number of hydrogen-bond acceptors (Lipinski definition) is 7. The molecule has 138 valence electrons. The summed E-state index contributed by atoms with van der Waals surface area (Å²) >= 11 is 0. The lowest BCUT2D eigenvalue weighted by atomic mass is 10.1. The number of nitro groups is 1. The van der Waals surface area contributed by atoms with Crippen molar-refractivity contribution in [3.05, 3.63) is 68.6 Å². The Morgan fingerprint density at radius 2 is 1.85 bits per heavy atom. The molecule has 27 heavy (non-hydrogen) atoms. The quantitative estimate of drug-likeness (QED) is 0.416. The van der Waals surface area contributed by atoms with Gasteiger partial charge in [0.25, 0.3) is 11.6 Å². The predicted molar refractivity (Wildman–Crippen MR) is 96.6 cm³/mol. The third kappa shape index (κ3) is 3.43. The molecular formula is C18H14N2O7. The second kappa shape index (κ2) is 7.16. The number of nitro benzene ring substituents is 1. The third-order valence-corrected chi connectivity index (χ3v) is 3.83. The number of carbonyl (C=O) groups is 1. The summed E-state index contributed by atoms with van der Waals surface area (Å²) < 4.78 is 15.4. The highest BCUT2D eigenvalue weighted by Gasteiger charge is 2.19. The molecule has 0 saturated heterocycles. The molecule has 1 aromatic heterocycles. The Hall–Kier alpha value is -3.88. The first-order valence-corrected chi connectivity index (χ1v) is 7.69. The third-order valence-electron chi connectivity index (χ3n) is 3.83. The average molecular weight is 370 g/mol. The zero-order valence-electron chi connectivity index (χ0n) is 14.3. The minimum atomic E-state index is -0.787. The summed E-state index contributed by atoms with van der Waals surface area (Å²) in [5, 5.41) is 13.9. The average Bonchev–Trinajstić information content (AvgIpc) is 2.67. The lowest BCUT2D eigenvalue weighted by Crippen LogP contribution is -2.18. The van der Waals surface area contributed by atoms with E-state index in [0.29, 0.717) is 11.1 Å². The molecule has 0 fully saturated rings. The van der Waals surface area contributed by atoms with Gasteiger partial charge in [0.05, 0.1) is 24.7 Å². The van der Waals surface area contributed by atoms with Gasteiger partial charge in [-0.2, -0.15) is 0 Å². The van der Waals surface area contributed by atoms with Crippen LogP contribution in [0.1, 0.15) is 10.4 Å². The molecule has 0 aliphatic rings. The molecule has 0 atom stereocenters. The molecule has 0 radical (unpaired) electrons. The molecule has 0 aliphatic carbocycles. The number of ether oxygens (including phenoxy) is 2. The van der Waals surface area contributed by atoms with Crippen molar-refractivity contribution in [1.82, 2.24) is 0 Å². The lowest BCUT2D eigenvalue weighted by Gasteiger charge is -2.09. The molecule has 1 N–H and O–H groups in total. The standard InChI is InChI=1S/C18H14N2O7/c1-25-14-7-6-11(20(23)24)9-12(14)17(21)19-13-8-10-4-3-5-15(26-2)16(10)27-18(13)22/h3-9H,1-2H3,(H,19,21). The smallest absolute Gasteiger partial charge is 0.360 e. The number of para-hydroxylation sites is 1. The van der Waals surface area contributed by atoms with E-state index in [0.717, 1.165) is 6.07 Å². The van der Waals surface area contributed by atoms with Gasteiger partial charge in [0.2, 0.25) is 0 Å². The number of benzene rings is 2. The summed E-state index contributed by atoms with van der Waals surface area (Å²) in [4.78, 5) is 35.1. The molecule has 1 heterocycles. The molecule has 1 amide bonds. The van der Waals surface area contributed by atoms with Gasteiger partial charge in [0.1, 0.15) is 11.4 Å². The number of non-ortho nitro benzene ring substituents is 1. The Morgan fingerprint density at radius 1 is 1.11 bits per heavy atom. The van der Waals surface area contributed by atoms with Gasteiger partial charge in [-0.25, -0.2) is 4.79 Å². The van der Waals surface area contributed by atoms with Crippen molar-refractivity contribution in [3.8, 4) is 11.5 Å². The molecule has 0 saturated carbocycles. The van der Waals surface area contributed by atoms with E-state index in [4.69, 9.17) is 13.9 Å². The van der Waals surface area contributed by atoms with Gasteiger partial charge in [-0.3, -0.25) is 14.9 Å². The zero-order valence-corrected chi connectivity index (χ0v) is 14.3. The highest BCUT2D eigenvalue weighted by Crippen LogP contribution is 2.27. The summed E-state index contributed by atoms with van der Waals surface area (Å²) in [6.07, 6.45) is 0. The van der Waals surface area contributed by atoms with Crippen molar-refractivity contribution in [2.24, 2.45) is 0 Å². The molecule has 0 bridgehead atoms. The Balaban J connectivity index is 2.02. The number of hydrogen-bond donors (Lipinski definition) is 1. The van der Waals surface area contributed by atoms with E-state index >= 15 is 0 Å². The van der Waals surface area contributed by atoms with Crippen molar-refractivity contribution in [3.63, 3.8) is 0 Å². The van der Waals surface area contributed by atoms with Crippen LogP contribution in [0.25, 0.3) is 11.0 Å². The molecule has 9 heteroatoms. The second-order valence-electron chi connectivity index (χ2n) is 5.42. The fraction of sp³-hybridized carbons (Fsp3) is 0.111. The van der Waals surface area contributed by atoms with Crippen LogP contribution in [0, 0.1) is 10.1 Å². The lowest BCUT2D eigenvalue weighted by molar-refractivity contribution is -0.384. The predicted octanol–water partition coefficient (Wildman–Crippen LogP) is 2.97. The van der Waals surface area contributed by atoms with Crippen LogP contribution in [0.2, 0.25) is 0 Å². The zero-order chi connectivity index (χ0) is 19.6. The Morgan fingerprint density at radius 3 is 2.52 bits per heavy atom. The van der Waals surface area contributed by atoms with E-state index in [1.54, 1.807) is 18.2 Å². The molecule has 0 aliphatic heterocycles. The van der Waals surface area contributed by atoms with Crippen LogP contribution in [0.5, 0.6) is 11.5 Å². The van der Waals surface area contributed by atoms with Crippen molar-refractivity contribution >= 4 is 28.3 Å². The fourth-order valence-electron chi connectivity index (χ4n) is 2.54. The first kappa shape index (κ1) is 17.9. The van der Waals surface area contributed by atoms with Crippen LogP contribution >= 0.6 is 0 Å². The number of nitrogens with one attached hydrogen (secondary N) is 1. The maximum Gasteiger partial charge on any atom is 0.360 e. The number of fused-ring (bicyclic) bond motifs is 1. The fourth-order valence-corrected chi connectivity index (χ4v) is 2.54. The van der Waals surface area contributed by atoms with Crippen LogP contribution in [0.4, 0.5) is 11.4 Å². The van der Waals surface area contributed by atoms with E-state index in [1.807, 2.05) is 0 Å². The minimum absolute atomic E-state index is 0.0863. The molecule has 2 aromatic carbocycles. The van der Waals surface area contributed by atoms with Crippen molar-refractivity contribution in [1.29, 1.82) is 0 Å². The number of rotatable bonds is 5. The Labute approximate surface area is 152 Å². The summed E-state index contributed by atoms with van der Waals surface area (Å²) in [6, 6.07) is 10.1. The number of methoxy groups -OCH3 is 2. The topological polar surface area (TPSA) is 121 Å². The number of amides is 1. The molecule has 0 spiro atoms. The van der Waals surface area contributed by atoms with E-state index < -0.39 is 16.5 Å². The Bertz CT molecular complexity index is 1100. The second-order valence-corrected chi connectivity index (χ2v) is 5.42. The maximum absolute atomic E-state index is 12.6. The van der Waals surface area contributed by atoms with Gasteiger partial charge in [0.15, 0.2) is 11.3 Å². The Kier molecular flexibility index (Phi) is 4.75. The van der Waals surface area contributed by atoms with Crippen LogP contribution in [0.15, 0.2) is 51.7 Å². The monoisotopic (exact) mass is 370 g/mol. The van der Waals surface area contributed by atoms with Crippen LogP contribution < -0.4 is 20.4 Å². The van der Waals surface area contributed by atoms with Crippen molar-refractivity contribution in [2.45, 2.75) is 0 Å². The van der Waals surface area contributed by atoms with Crippen molar-refractivity contribution in [2.75, 3.05) is 19.5 Å². The number of nitrogens with zero attached hydrogens (tertiary/aromatic N) is 1. The molecule has 3 rings (SSSR count).